The zero-order valence-electron chi connectivity index (χ0n) is 11.7. The van der Waals surface area contributed by atoms with Gasteiger partial charge in [0.2, 0.25) is 0 Å². The molecule has 0 saturated carbocycles. The molecule has 2 heterocycles. The SMILES string of the molecule is CCc1nn(C)cc1C(=O)Nc1ccc2c(c1)CCN2. The zero-order valence-corrected chi connectivity index (χ0v) is 11.7. The molecule has 1 amide bonds. The molecule has 0 fully saturated rings. The smallest absolute Gasteiger partial charge is 0.259 e. The summed E-state index contributed by atoms with van der Waals surface area (Å²) in [4.78, 5) is 12.3. The number of fused-ring (bicyclic) bond motifs is 1. The molecule has 104 valence electrons. The van der Waals surface area contributed by atoms with Crippen molar-refractivity contribution in [3.8, 4) is 0 Å². The minimum atomic E-state index is -0.0964. The molecule has 1 aliphatic rings. The molecule has 2 aromatic rings. The first-order chi connectivity index (χ1) is 9.67. The molecule has 0 saturated heterocycles. The number of rotatable bonds is 3. The van der Waals surface area contributed by atoms with Gasteiger partial charge in [0.05, 0.1) is 11.3 Å². The molecule has 3 rings (SSSR count). The van der Waals surface area contributed by atoms with E-state index in [1.165, 1.54) is 11.3 Å². The number of aryl methyl sites for hydroxylation is 2. The van der Waals surface area contributed by atoms with E-state index in [-0.39, 0.29) is 5.91 Å². The van der Waals surface area contributed by atoms with Crippen LogP contribution in [-0.2, 0) is 19.9 Å². The normalized spacial score (nSPS) is 12.9. The number of aromatic nitrogens is 2. The molecule has 1 aliphatic heterocycles. The number of nitrogens with zero attached hydrogens (tertiary/aromatic N) is 2. The maximum atomic E-state index is 12.3. The van der Waals surface area contributed by atoms with E-state index in [0.717, 1.165) is 30.8 Å². The first kappa shape index (κ1) is 12.7. The summed E-state index contributed by atoms with van der Waals surface area (Å²) in [5, 5.41) is 10.6. The van der Waals surface area contributed by atoms with E-state index in [0.29, 0.717) is 5.56 Å². The van der Waals surface area contributed by atoms with Crippen LogP contribution in [0.5, 0.6) is 0 Å². The van der Waals surface area contributed by atoms with Gasteiger partial charge in [0, 0.05) is 31.2 Å². The van der Waals surface area contributed by atoms with Gasteiger partial charge in [-0.15, -0.1) is 0 Å². The van der Waals surface area contributed by atoms with Gasteiger partial charge >= 0.3 is 0 Å². The molecule has 1 aromatic heterocycles. The number of hydrogen-bond donors (Lipinski definition) is 2. The maximum Gasteiger partial charge on any atom is 0.259 e. The molecule has 0 atom stereocenters. The minimum absolute atomic E-state index is 0.0964. The third-order valence-corrected chi connectivity index (χ3v) is 3.56. The molecule has 20 heavy (non-hydrogen) atoms. The molecule has 0 bridgehead atoms. The van der Waals surface area contributed by atoms with Crippen LogP contribution in [0, 0.1) is 0 Å². The number of anilines is 2. The Morgan fingerprint density at radius 2 is 2.35 bits per heavy atom. The monoisotopic (exact) mass is 270 g/mol. The Kier molecular flexibility index (Phi) is 3.18. The van der Waals surface area contributed by atoms with Crippen LogP contribution in [0.1, 0.15) is 28.5 Å². The van der Waals surface area contributed by atoms with E-state index >= 15 is 0 Å². The fourth-order valence-corrected chi connectivity index (χ4v) is 2.57. The van der Waals surface area contributed by atoms with Crippen LogP contribution in [0.3, 0.4) is 0 Å². The molecule has 0 spiro atoms. The number of carbonyl (C=O) groups excluding carboxylic acids is 1. The molecule has 0 unspecified atom stereocenters. The van der Waals surface area contributed by atoms with Crippen molar-refractivity contribution >= 4 is 17.3 Å². The van der Waals surface area contributed by atoms with Gasteiger partial charge in [-0.3, -0.25) is 9.48 Å². The third-order valence-electron chi connectivity index (χ3n) is 3.56. The predicted octanol–water partition coefficient (Wildman–Crippen LogP) is 2.20. The summed E-state index contributed by atoms with van der Waals surface area (Å²) < 4.78 is 1.68. The number of amides is 1. The molecule has 0 radical (unpaired) electrons. The molecular formula is C15H18N4O. The summed E-state index contributed by atoms with van der Waals surface area (Å²) in [6.07, 6.45) is 3.52. The summed E-state index contributed by atoms with van der Waals surface area (Å²) >= 11 is 0. The number of hydrogen-bond acceptors (Lipinski definition) is 3. The Morgan fingerprint density at radius 1 is 1.50 bits per heavy atom. The second-order valence-corrected chi connectivity index (χ2v) is 5.02. The topological polar surface area (TPSA) is 59.0 Å². The maximum absolute atomic E-state index is 12.3. The Morgan fingerprint density at radius 3 is 3.15 bits per heavy atom. The van der Waals surface area contributed by atoms with Gasteiger partial charge in [0.25, 0.3) is 5.91 Å². The van der Waals surface area contributed by atoms with Crippen LogP contribution in [0.4, 0.5) is 11.4 Å². The Balaban J connectivity index is 1.82. The molecule has 1 aromatic carbocycles. The summed E-state index contributed by atoms with van der Waals surface area (Å²) in [5.41, 5.74) is 4.73. The highest BCUT2D eigenvalue weighted by Gasteiger charge is 2.16. The van der Waals surface area contributed by atoms with Gasteiger partial charge in [-0.1, -0.05) is 6.92 Å². The standard InChI is InChI=1S/C15H18N4O/c1-3-13-12(9-19(2)18-13)15(20)17-11-4-5-14-10(8-11)6-7-16-14/h4-5,8-9,16H,3,6-7H2,1-2H3,(H,17,20). The van der Waals surface area contributed by atoms with Crippen molar-refractivity contribution in [3.05, 3.63) is 41.2 Å². The van der Waals surface area contributed by atoms with Gasteiger partial charge in [0.1, 0.15) is 0 Å². The van der Waals surface area contributed by atoms with Crippen molar-refractivity contribution in [2.45, 2.75) is 19.8 Å². The quantitative estimate of drug-likeness (QED) is 0.899. The fraction of sp³-hybridized carbons (Fsp3) is 0.333. The summed E-state index contributed by atoms with van der Waals surface area (Å²) in [6.45, 7) is 2.97. The largest absolute Gasteiger partial charge is 0.384 e. The first-order valence-electron chi connectivity index (χ1n) is 6.88. The summed E-state index contributed by atoms with van der Waals surface area (Å²) in [5.74, 6) is -0.0964. The van der Waals surface area contributed by atoms with E-state index in [1.807, 2.05) is 32.2 Å². The fourth-order valence-electron chi connectivity index (χ4n) is 2.57. The molecule has 0 aliphatic carbocycles. The van der Waals surface area contributed by atoms with Gasteiger partial charge in [-0.05, 0) is 36.6 Å². The van der Waals surface area contributed by atoms with Crippen molar-refractivity contribution in [2.75, 3.05) is 17.2 Å². The third kappa shape index (κ3) is 2.27. The predicted molar refractivity (Wildman–Crippen MR) is 79.2 cm³/mol. The van der Waals surface area contributed by atoms with E-state index in [9.17, 15) is 4.79 Å². The van der Waals surface area contributed by atoms with E-state index in [1.54, 1.807) is 10.9 Å². The lowest BCUT2D eigenvalue weighted by Gasteiger charge is -2.07. The second-order valence-electron chi connectivity index (χ2n) is 5.02. The van der Waals surface area contributed by atoms with Crippen LogP contribution >= 0.6 is 0 Å². The van der Waals surface area contributed by atoms with Crippen molar-refractivity contribution < 1.29 is 4.79 Å². The van der Waals surface area contributed by atoms with Crippen LogP contribution in [0.15, 0.2) is 24.4 Å². The molecular weight excluding hydrogens is 252 g/mol. The van der Waals surface area contributed by atoms with Crippen LogP contribution in [0.25, 0.3) is 0 Å². The van der Waals surface area contributed by atoms with E-state index < -0.39 is 0 Å². The Bertz CT molecular complexity index is 660. The number of benzene rings is 1. The lowest BCUT2D eigenvalue weighted by atomic mass is 10.1. The van der Waals surface area contributed by atoms with Gasteiger partial charge in [0.15, 0.2) is 0 Å². The number of nitrogens with one attached hydrogen (secondary N) is 2. The van der Waals surface area contributed by atoms with Crippen LogP contribution < -0.4 is 10.6 Å². The summed E-state index contributed by atoms with van der Waals surface area (Å²) in [6, 6.07) is 5.98. The lowest BCUT2D eigenvalue weighted by Crippen LogP contribution is -2.13. The van der Waals surface area contributed by atoms with Gasteiger partial charge in [-0.25, -0.2) is 0 Å². The van der Waals surface area contributed by atoms with Crippen molar-refractivity contribution in [1.29, 1.82) is 0 Å². The van der Waals surface area contributed by atoms with Crippen molar-refractivity contribution in [2.24, 2.45) is 7.05 Å². The minimum Gasteiger partial charge on any atom is -0.384 e. The van der Waals surface area contributed by atoms with E-state index in [2.05, 4.69) is 15.7 Å². The van der Waals surface area contributed by atoms with Gasteiger partial charge < -0.3 is 10.6 Å². The van der Waals surface area contributed by atoms with Crippen molar-refractivity contribution in [3.63, 3.8) is 0 Å². The molecule has 2 N–H and O–H groups in total. The second kappa shape index (κ2) is 5.00. The average molecular weight is 270 g/mol. The van der Waals surface area contributed by atoms with Gasteiger partial charge in [-0.2, -0.15) is 5.10 Å². The van der Waals surface area contributed by atoms with Crippen molar-refractivity contribution in [1.82, 2.24) is 9.78 Å². The Labute approximate surface area is 118 Å². The average Bonchev–Trinajstić information content (AvgIpc) is 3.03. The van der Waals surface area contributed by atoms with Crippen LogP contribution in [-0.4, -0.2) is 22.2 Å². The van der Waals surface area contributed by atoms with E-state index in [4.69, 9.17) is 0 Å². The highest BCUT2D eigenvalue weighted by molar-refractivity contribution is 6.05. The summed E-state index contributed by atoms with van der Waals surface area (Å²) in [7, 11) is 1.83. The van der Waals surface area contributed by atoms with Crippen LogP contribution in [0.2, 0.25) is 0 Å². The Hall–Kier alpha value is -2.30. The zero-order chi connectivity index (χ0) is 14.1. The highest BCUT2D eigenvalue weighted by Crippen LogP contribution is 2.25. The molecule has 5 heteroatoms. The first-order valence-corrected chi connectivity index (χ1v) is 6.88. The lowest BCUT2D eigenvalue weighted by molar-refractivity contribution is 0.102. The number of carbonyl (C=O) groups is 1. The molecule has 5 nitrogen and oxygen atoms in total. The highest BCUT2D eigenvalue weighted by atomic mass is 16.1.